The van der Waals surface area contributed by atoms with E-state index in [1.807, 2.05) is 0 Å². The van der Waals surface area contributed by atoms with Gasteiger partial charge in [-0.25, -0.2) is 12.8 Å². The second kappa shape index (κ2) is 6.63. The van der Waals surface area contributed by atoms with Crippen molar-refractivity contribution in [1.82, 2.24) is 5.32 Å². The summed E-state index contributed by atoms with van der Waals surface area (Å²) in [5, 5.41) is 3.30. The van der Waals surface area contributed by atoms with Crippen LogP contribution in [0.3, 0.4) is 0 Å². The van der Waals surface area contributed by atoms with Crippen LogP contribution in [-0.2, 0) is 9.84 Å². The Morgan fingerprint density at radius 3 is 2.71 bits per heavy atom. The van der Waals surface area contributed by atoms with Crippen LogP contribution in [0.2, 0.25) is 5.02 Å². The first kappa shape index (κ1) is 16.7. The normalized spacial score (nSPS) is 24.8. The number of rotatable bonds is 4. The van der Waals surface area contributed by atoms with Crippen LogP contribution in [0.4, 0.5) is 4.39 Å². The highest BCUT2D eigenvalue weighted by Crippen LogP contribution is 2.38. The Morgan fingerprint density at radius 1 is 1.38 bits per heavy atom. The zero-order chi connectivity index (χ0) is 15.6. The molecule has 1 aromatic rings. The summed E-state index contributed by atoms with van der Waals surface area (Å²) in [4.78, 5) is 0. The van der Waals surface area contributed by atoms with Crippen LogP contribution < -0.4 is 5.32 Å². The van der Waals surface area contributed by atoms with Gasteiger partial charge in [0.15, 0.2) is 0 Å². The number of halogens is 2. The van der Waals surface area contributed by atoms with E-state index in [0.717, 1.165) is 12.8 Å². The zero-order valence-electron chi connectivity index (χ0n) is 12.3. The van der Waals surface area contributed by atoms with E-state index >= 15 is 0 Å². The molecule has 1 N–H and O–H groups in total. The van der Waals surface area contributed by atoms with Gasteiger partial charge >= 0.3 is 0 Å². The Kier molecular flexibility index (Phi) is 5.28. The van der Waals surface area contributed by atoms with Crippen LogP contribution in [0.15, 0.2) is 18.2 Å². The van der Waals surface area contributed by atoms with E-state index in [2.05, 4.69) is 5.32 Å². The van der Waals surface area contributed by atoms with Gasteiger partial charge in [0.2, 0.25) is 0 Å². The Labute approximate surface area is 130 Å². The van der Waals surface area contributed by atoms with Gasteiger partial charge in [0.05, 0.1) is 5.25 Å². The van der Waals surface area contributed by atoms with Gasteiger partial charge in [0.25, 0.3) is 0 Å². The molecule has 0 bridgehead atoms. The molecular weight excluding hydrogens is 313 g/mol. The molecule has 0 aromatic heterocycles. The fourth-order valence-corrected chi connectivity index (χ4v) is 4.64. The first-order valence-corrected chi connectivity index (χ1v) is 9.47. The van der Waals surface area contributed by atoms with Gasteiger partial charge in [-0.1, -0.05) is 18.0 Å². The predicted octanol–water partition coefficient (Wildman–Crippen LogP) is 3.34. The molecule has 2 rings (SSSR count). The van der Waals surface area contributed by atoms with Crippen LogP contribution in [0.1, 0.15) is 37.3 Å². The highest BCUT2D eigenvalue weighted by atomic mass is 35.5. The van der Waals surface area contributed by atoms with E-state index in [-0.39, 0.29) is 23.0 Å². The fraction of sp³-hybridized carbons (Fsp3) is 0.600. The second-order valence-electron chi connectivity index (χ2n) is 5.81. The molecule has 1 aliphatic carbocycles. The maximum Gasteiger partial charge on any atom is 0.150 e. The topological polar surface area (TPSA) is 46.2 Å². The molecule has 3 nitrogen and oxygen atoms in total. The lowest BCUT2D eigenvalue weighted by molar-refractivity contribution is 0.278. The van der Waals surface area contributed by atoms with E-state index in [1.54, 1.807) is 13.1 Å². The molecule has 0 amide bonds. The molecule has 1 saturated carbocycles. The van der Waals surface area contributed by atoms with Crippen molar-refractivity contribution in [1.29, 1.82) is 0 Å². The predicted molar refractivity (Wildman–Crippen MR) is 83.8 cm³/mol. The maximum atomic E-state index is 14.1. The molecule has 1 aliphatic rings. The first-order valence-electron chi connectivity index (χ1n) is 7.14. The van der Waals surface area contributed by atoms with Crippen LogP contribution in [0.25, 0.3) is 0 Å². The second-order valence-corrected chi connectivity index (χ2v) is 8.57. The highest BCUT2D eigenvalue weighted by Gasteiger charge is 2.34. The summed E-state index contributed by atoms with van der Waals surface area (Å²) in [5.74, 6) is -0.211. The van der Waals surface area contributed by atoms with Crippen molar-refractivity contribution in [3.05, 3.63) is 34.6 Å². The minimum absolute atomic E-state index is 0.0939. The molecule has 21 heavy (non-hydrogen) atoms. The van der Waals surface area contributed by atoms with E-state index in [0.29, 0.717) is 23.4 Å². The molecule has 1 fully saturated rings. The number of sulfone groups is 1. The summed E-state index contributed by atoms with van der Waals surface area (Å²) in [6, 6.07) is 4.29. The number of hydrogen-bond donors (Lipinski definition) is 1. The van der Waals surface area contributed by atoms with E-state index < -0.39 is 9.84 Å². The molecular formula is C15H21ClFNO2S. The summed E-state index contributed by atoms with van der Waals surface area (Å²) >= 11 is 5.97. The molecule has 3 atom stereocenters. The average Bonchev–Trinajstić information content (AvgIpc) is 2.43. The third kappa shape index (κ3) is 3.96. The molecule has 1 aromatic carbocycles. The van der Waals surface area contributed by atoms with Crippen molar-refractivity contribution in [3.63, 3.8) is 0 Å². The summed E-state index contributed by atoms with van der Waals surface area (Å²) in [6.07, 6.45) is 4.29. The maximum absolute atomic E-state index is 14.1. The Morgan fingerprint density at radius 2 is 2.10 bits per heavy atom. The lowest BCUT2D eigenvalue weighted by Gasteiger charge is -2.34. The van der Waals surface area contributed by atoms with Gasteiger partial charge in [-0.2, -0.15) is 0 Å². The highest BCUT2D eigenvalue weighted by molar-refractivity contribution is 7.91. The van der Waals surface area contributed by atoms with Crippen LogP contribution in [0.5, 0.6) is 0 Å². The first-order chi connectivity index (χ1) is 9.82. The Bertz CT molecular complexity index is 606. The fourth-order valence-electron chi connectivity index (χ4n) is 3.27. The standard InChI is InChI=1S/C15H21ClFNO2S/c1-18-15(13-9-11(16)6-7-14(13)17)10-4-3-5-12(8-10)21(2,19)20/h6-7,9-10,12,15,18H,3-5,8H2,1-2H3. The van der Waals surface area contributed by atoms with Gasteiger partial charge in [0.1, 0.15) is 15.7 Å². The van der Waals surface area contributed by atoms with Crippen LogP contribution in [0, 0.1) is 11.7 Å². The number of hydrogen-bond acceptors (Lipinski definition) is 3. The van der Waals surface area contributed by atoms with Crippen molar-refractivity contribution < 1.29 is 12.8 Å². The lowest BCUT2D eigenvalue weighted by atomic mass is 9.81. The van der Waals surface area contributed by atoms with E-state index in [4.69, 9.17) is 11.6 Å². The zero-order valence-corrected chi connectivity index (χ0v) is 13.8. The quantitative estimate of drug-likeness (QED) is 0.919. The Balaban J connectivity index is 2.27. The van der Waals surface area contributed by atoms with Gasteiger partial charge in [-0.05, 0) is 50.4 Å². The van der Waals surface area contributed by atoms with Gasteiger partial charge < -0.3 is 5.32 Å². The SMILES string of the molecule is CNC(c1cc(Cl)ccc1F)C1CCCC(S(C)(=O)=O)C1. The minimum atomic E-state index is -3.05. The summed E-state index contributed by atoms with van der Waals surface area (Å²) in [5.41, 5.74) is 0.518. The van der Waals surface area contributed by atoms with E-state index in [9.17, 15) is 12.8 Å². The molecule has 6 heteroatoms. The summed E-state index contributed by atoms with van der Waals surface area (Å²) < 4.78 is 37.6. The van der Waals surface area contributed by atoms with Gasteiger partial charge in [-0.15, -0.1) is 0 Å². The Hall–Kier alpha value is -0.650. The molecule has 0 spiro atoms. The number of benzene rings is 1. The van der Waals surface area contributed by atoms with Crippen molar-refractivity contribution in [2.75, 3.05) is 13.3 Å². The minimum Gasteiger partial charge on any atom is -0.313 e. The lowest BCUT2D eigenvalue weighted by Crippen LogP contribution is -2.34. The van der Waals surface area contributed by atoms with Crippen molar-refractivity contribution in [3.8, 4) is 0 Å². The summed E-state index contributed by atoms with van der Waals surface area (Å²) in [7, 11) is -1.28. The molecule has 0 heterocycles. The van der Waals surface area contributed by atoms with Gasteiger partial charge in [0, 0.05) is 22.9 Å². The monoisotopic (exact) mass is 333 g/mol. The average molecular weight is 334 g/mol. The molecule has 118 valence electrons. The van der Waals surface area contributed by atoms with Crippen LogP contribution >= 0.6 is 11.6 Å². The third-order valence-corrected chi connectivity index (χ3v) is 6.22. The smallest absolute Gasteiger partial charge is 0.150 e. The van der Waals surface area contributed by atoms with Gasteiger partial charge in [-0.3, -0.25) is 0 Å². The molecule has 3 unspecified atom stereocenters. The third-order valence-electron chi connectivity index (χ3n) is 4.35. The number of nitrogens with one attached hydrogen (secondary N) is 1. The van der Waals surface area contributed by atoms with Crippen molar-refractivity contribution >= 4 is 21.4 Å². The molecule has 0 aliphatic heterocycles. The molecule has 0 radical (unpaired) electrons. The van der Waals surface area contributed by atoms with Crippen LogP contribution in [-0.4, -0.2) is 27.0 Å². The van der Waals surface area contributed by atoms with Crippen molar-refractivity contribution in [2.45, 2.75) is 37.0 Å². The van der Waals surface area contributed by atoms with Crippen molar-refractivity contribution in [2.24, 2.45) is 5.92 Å². The molecule has 0 saturated heterocycles. The summed E-state index contributed by atoms with van der Waals surface area (Å²) in [6.45, 7) is 0. The largest absolute Gasteiger partial charge is 0.313 e. The van der Waals surface area contributed by atoms with E-state index in [1.165, 1.54) is 18.4 Å².